The Morgan fingerprint density at radius 3 is 2.48 bits per heavy atom. The molecule has 0 radical (unpaired) electrons. The summed E-state index contributed by atoms with van der Waals surface area (Å²) in [5.74, 6) is 0.605. The van der Waals surface area contributed by atoms with Gasteiger partial charge in [0, 0.05) is 19.0 Å². The van der Waals surface area contributed by atoms with Crippen LogP contribution in [0.4, 0.5) is 13.2 Å². The van der Waals surface area contributed by atoms with Gasteiger partial charge in [0.05, 0.1) is 0 Å². The van der Waals surface area contributed by atoms with Gasteiger partial charge in [-0.2, -0.15) is 13.2 Å². The van der Waals surface area contributed by atoms with Crippen molar-refractivity contribution in [2.24, 2.45) is 5.92 Å². The van der Waals surface area contributed by atoms with Gasteiger partial charge in [-0.3, -0.25) is 4.90 Å². The molecule has 1 fully saturated rings. The summed E-state index contributed by atoms with van der Waals surface area (Å²) in [5, 5.41) is 0. The molecule has 1 aromatic carbocycles. The van der Waals surface area contributed by atoms with Crippen molar-refractivity contribution in [1.82, 2.24) is 4.90 Å². The summed E-state index contributed by atoms with van der Waals surface area (Å²) in [4.78, 5) is 2.32. The lowest BCUT2D eigenvalue weighted by Gasteiger charge is -2.42. The summed E-state index contributed by atoms with van der Waals surface area (Å²) in [5.41, 5.74) is 2.84. The van der Waals surface area contributed by atoms with E-state index >= 15 is 0 Å². The first-order valence-corrected chi connectivity index (χ1v) is 7.89. The summed E-state index contributed by atoms with van der Waals surface area (Å²) in [6.45, 7) is 1.56. The Morgan fingerprint density at radius 1 is 1.05 bits per heavy atom. The van der Waals surface area contributed by atoms with Crippen LogP contribution in [-0.4, -0.2) is 30.2 Å². The lowest BCUT2D eigenvalue weighted by atomic mass is 9.80. The second-order valence-corrected chi connectivity index (χ2v) is 6.49. The largest absolute Gasteiger partial charge is 0.389 e. The zero-order valence-corrected chi connectivity index (χ0v) is 12.2. The van der Waals surface area contributed by atoms with Gasteiger partial charge in [0.1, 0.15) is 0 Å². The number of nitrogens with zero attached hydrogens (tertiary/aromatic N) is 1. The average Bonchev–Trinajstić information content (AvgIpc) is 2.38. The van der Waals surface area contributed by atoms with Crippen molar-refractivity contribution in [3.63, 3.8) is 0 Å². The number of rotatable bonds is 3. The minimum Gasteiger partial charge on any atom is -0.300 e. The Bertz CT molecular complexity index is 483. The molecule has 0 aromatic heterocycles. The maximum Gasteiger partial charge on any atom is 0.389 e. The van der Waals surface area contributed by atoms with E-state index in [-0.39, 0.29) is 6.42 Å². The van der Waals surface area contributed by atoms with Crippen LogP contribution in [0.1, 0.15) is 36.8 Å². The molecule has 116 valence electrons. The van der Waals surface area contributed by atoms with E-state index in [4.69, 9.17) is 0 Å². The van der Waals surface area contributed by atoms with Crippen LogP contribution >= 0.6 is 0 Å². The Hall–Kier alpha value is -1.03. The van der Waals surface area contributed by atoms with Crippen molar-refractivity contribution >= 4 is 0 Å². The van der Waals surface area contributed by atoms with Gasteiger partial charge in [0.25, 0.3) is 0 Å². The first-order chi connectivity index (χ1) is 10.0. The highest BCUT2D eigenvalue weighted by atomic mass is 19.4. The molecule has 4 heteroatoms. The van der Waals surface area contributed by atoms with Gasteiger partial charge in [0.2, 0.25) is 0 Å². The zero-order chi connectivity index (χ0) is 14.9. The van der Waals surface area contributed by atoms with E-state index in [9.17, 15) is 13.2 Å². The molecule has 2 atom stereocenters. The fourth-order valence-electron chi connectivity index (χ4n) is 3.86. The highest BCUT2D eigenvalue weighted by Gasteiger charge is 2.33. The van der Waals surface area contributed by atoms with Crippen LogP contribution in [-0.2, 0) is 12.8 Å². The standard InChI is InChI=1S/C17H22F3N/c18-17(19,20)8-3-9-21-12-13-6-7-16(21)11-15-5-2-1-4-14(15)10-13/h1-2,4-5,13,16H,3,6-12H2/t13-,16+/m1/s1. The molecule has 1 aromatic rings. The van der Waals surface area contributed by atoms with Crippen LogP contribution in [0.2, 0.25) is 0 Å². The fraction of sp³-hybridized carbons (Fsp3) is 0.647. The van der Waals surface area contributed by atoms with Gasteiger partial charge in [-0.25, -0.2) is 0 Å². The molecule has 0 amide bonds. The van der Waals surface area contributed by atoms with Crippen molar-refractivity contribution in [3.05, 3.63) is 35.4 Å². The number of fused-ring (bicyclic) bond motifs is 2. The molecule has 21 heavy (non-hydrogen) atoms. The van der Waals surface area contributed by atoms with Crippen LogP contribution in [0.5, 0.6) is 0 Å². The smallest absolute Gasteiger partial charge is 0.300 e. The SMILES string of the molecule is FC(F)(F)CCCN1C[C@@H]2CC[C@H]1Cc1ccccc1C2. The first-order valence-electron chi connectivity index (χ1n) is 7.89. The molecule has 1 saturated heterocycles. The second kappa shape index (κ2) is 5.99. The van der Waals surface area contributed by atoms with E-state index < -0.39 is 12.6 Å². The fourth-order valence-corrected chi connectivity index (χ4v) is 3.86. The van der Waals surface area contributed by atoms with Crippen molar-refractivity contribution < 1.29 is 13.2 Å². The summed E-state index contributed by atoms with van der Waals surface area (Å²) < 4.78 is 37.0. The van der Waals surface area contributed by atoms with Gasteiger partial charge < -0.3 is 0 Å². The molecule has 0 saturated carbocycles. The molecule has 1 nitrogen and oxygen atoms in total. The molecule has 3 aliphatic rings. The number of piperidine rings is 1. The lowest BCUT2D eigenvalue weighted by Crippen LogP contribution is -2.47. The molecular weight excluding hydrogens is 275 g/mol. The van der Waals surface area contributed by atoms with E-state index in [1.807, 2.05) is 0 Å². The maximum absolute atomic E-state index is 12.3. The Morgan fingerprint density at radius 2 is 1.76 bits per heavy atom. The quantitative estimate of drug-likeness (QED) is 0.808. The summed E-state index contributed by atoms with van der Waals surface area (Å²) in [7, 11) is 0. The van der Waals surface area contributed by atoms with Crippen LogP contribution in [0.3, 0.4) is 0 Å². The highest BCUT2D eigenvalue weighted by molar-refractivity contribution is 5.29. The summed E-state index contributed by atoms with van der Waals surface area (Å²) in [6, 6.07) is 8.99. The van der Waals surface area contributed by atoms with E-state index in [0.29, 0.717) is 18.5 Å². The maximum atomic E-state index is 12.3. The second-order valence-electron chi connectivity index (χ2n) is 6.49. The zero-order valence-electron chi connectivity index (χ0n) is 12.2. The lowest BCUT2D eigenvalue weighted by molar-refractivity contribution is -0.136. The summed E-state index contributed by atoms with van der Waals surface area (Å²) >= 11 is 0. The number of hydrogen-bond acceptors (Lipinski definition) is 1. The normalized spacial score (nSPS) is 26.2. The van der Waals surface area contributed by atoms with Crippen LogP contribution in [0.25, 0.3) is 0 Å². The van der Waals surface area contributed by atoms with Gasteiger partial charge in [-0.1, -0.05) is 24.3 Å². The molecule has 1 aliphatic carbocycles. The Labute approximate surface area is 124 Å². The van der Waals surface area contributed by atoms with E-state index in [2.05, 4.69) is 29.2 Å². The van der Waals surface area contributed by atoms with Crippen molar-refractivity contribution in [2.75, 3.05) is 13.1 Å². The molecular formula is C17H22F3N. The van der Waals surface area contributed by atoms with Crippen LogP contribution in [0, 0.1) is 5.92 Å². The molecule has 0 unspecified atom stereocenters. The van der Waals surface area contributed by atoms with E-state index in [1.54, 1.807) is 0 Å². The molecule has 0 N–H and O–H groups in total. The van der Waals surface area contributed by atoms with Crippen molar-refractivity contribution in [3.8, 4) is 0 Å². The van der Waals surface area contributed by atoms with E-state index in [0.717, 1.165) is 25.8 Å². The minimum atomic E-state index is -4.02. The number of benzene rings is 1. The average molecular weight is 297 g/mol. The Balaban J connectivity index is 1.67. The topological polar surface area (TPSA) is 3.24 Å². The monoisotopic (exact) mass is 297 g/mol. The molecule has 2 bridgehead atoms. The predicted molar refractivity (Wildman–Crippen MR) is 77.2 cm³/mol. The van der Waals surface area contributed by atoms with Gasteiger partial charge in [-0.05, 0) is 55.7 Å². The van der Waals surface area contributed by atoms with Crippen molar-refractivity contribution in [1.29, 1.82) is 0 Å². The van der Waals surface area contributed by atoms with Gasteiger partial charge in [0.15, 0.2) is 0 Å². The third kappa shape index (κ3) is 3.79. The van der Waals surface area contributed by atoms with Crippen molar-refractivity contribution in [2.45, 2.75) is 50.7 Å². The van der Waals surface area contributed by atoms with E-state index in [1.165, 1.54) is 17.5 Å². The minimum absolute atomic E-state index is 0.231. The number of alkyl halides is 3. The molecule has 2 heterocycles. The van der Waals surface area contributed by atoms with Crippen LogP contribution in [0.15, 0.2) is 24.3 Å². The predicted octanol–water partition coefficient (Wildman–Crippen LogP) is 4.21. The molecule has 2 aliphatic heterocycles. The Kier molecular flexibility index (Phi) is 4.25. The third-order valence-electron chi connectivity index (χ3n) is 4.91. The third-order valence-corrected chi connectivity index (χ3v) is 4.91. The first kappa shape index (κ1) is 14.9. The highest BCUT2D eigenvalue weighted by Crippen LogP contribution is 2.32. The van der Waals surface area contributed by atoms with Gasteiger partial charge in [-0.15, -0.1) is 0 Å². The number of hydrogen-bond donors (Lipinski definition) is 0. The van der Waals surface area contributed by atoms with Crippen LogP contribution < -0.4 is 0 Å². The van der Waals surface area contributed by atoms with Gasteiger partial charge >= 0.3 is 6.18 Å². The molecule has 4 rings (SSSR count). The summed E-state index contributed by atoms with van der Waals surface area (Å²) in [6.07, 6.45) is -0.0203. The number of halogens is 3. The molecule has 0 spiro atoms.